The number of hydrogen-bond donors (Lipinski definition) is 2. The number of rotatable bonds is 5. The highest BCUT2D eigenvalue weighted by molar-refractivity contribution is 4.86. The van der Waals surface area contributed by atoms with E-state index in [1.54, 1.807) is 0 Å². The summed E-state index contributed by atoms with van der Waals surface area (Å²) in [6.45, 7) is 9.03. The van der Waals surface area contributed by atoms with Gasteiger partial charge in [0.05, 0.1) is 0 Å². The van der Waals surface area contributed by atoms with Gasteiger partial charge in [-0.3, -0.25) is 11.3 Å². The summed E-state index contributed by atoms with van der Waals surface area (Å²) in [7, 11) is 0. The molecule has 3 N–H and O–H groups in total. The third kappa shape index (κ3) is 5.26. The summed E-state index contributed by atoms with van der Waals surface area (Å²) < 4.78 is 0. The van der Waals surface area contributed by atoms with Crippen molar-refractivity contribution < 1.29 is 0 Å². The summed E-state index contributed by atoms with van der Waals surface area (Å²) in [6.07, 6.45) is 8.08. The van der Waals surface area contributed by atoms with Crippen LogP contribution in [0.2, 0.25) is 0 Å². The van der Waals surface area contributed by atoms with Crippen LogP contribution < -0.4 is 11.3 Å². The monoisotopic (exact) mass is 196 g/mol. The van der Waals surface area contributed by atoms with Crippen LogP contribution >= 0.6 is 0 Å². The van der Waals surface area contributed by atoms with Crippen LogP contribution in [0, 0.1) is 23.7 Å². The van der Waals surface area contributed by atoms with Gasteiger partial charge in [-0.25, -0.2) is 0 Å². The predicted molar refractivity (Wildman–Crippen MR) is 62.4 cm³/mol. The van der Waals surface area contributed by atoms with Gasteiger partial charge >= 0.3 is 0 Å². The Labute approximate surface area is 88.6 Å². The average molecular weight is 196 g/mol. The van der Waals surface area contributed by atoms with E-state index in [-0.39, 0.29) is 0 Å². The highest BCUT2D eigenvalue weighted by Crippen LogP contribution is 2.29. The Bertz CT molecular complexity index is 185. The van der Waals surface area contributed by atoms with Crippen molar-refractivity contribution in [3.8, 4) is 12.3 Å². The van der Waals surface area contributed by atoms with Crippen molar-refractivity contribution >= 4 is 0 Å². The molecule has 0 bridgehead atoms. The molecule has 0 aromatic carbocycles. The summed E-state index contributed by atoms with van der Waals surface area (Å²) in [5, 5.41) is 0. The maximum Gasteiger partial charge on any atom is 0.0222 e. The second kappa shape index (κ2) is 6.06. The van der Waals surface area contributed by atoms with E-state index in [9.17, 15) is 0 Å². The topological polar surface area (TPSA) is 38.0 Å². The van der Waals surface area contributed by atoms with Gasteiger partial charge in [-0.1, -0.05) is 27.7 Å². The van der Waals surface area contributed by atoms with E-state index >= 15 is 0 Å². The van der Waals surface area contributed by atoms with Crippen LogP contribution in [0.15, 0.2) is 0 Å². The van der Waals surface area contributed by atoms with E-state index in [4.69, 9.17) is 12.3 Å². The fourth-order valence-electron chi connectivity index (χ4n) is 1.31. The first-order valence-electron chi connectivity index (χ1n) is 5.31. The Morgan fingerprint density at radius 1 is 1.43 bits per heavy atom. The first-order valence-corrected chi connectivity index (χ1v) is 5.31. The van der Waals surface area contributed by atoms with Gasteiger partial charge < -0.3 is 0 Å². The smallest absolute Gasteiger partial charge is 0.0222 e. The maximum atomic E-state index is 5.49. The molecule has 82 valence electrons. The fraction of sp³-hybridized carbons (Fsp3) is 0.833. The van der Waals surface area contributed by atoms with Crippen LogP contribution in [0.1, 0.15) is 47.0 Å². The lowest BCUT2D eigenvalue weighted by Gasteiger charge is -2.30. The summed E-state index contributed by atoms with van der Waals surface area (Å²) in [5.41, 5.74) is 3.18. The Morgan fingerprint density at radius 2 is 2.00 bits per heavy atom. The van der Waals surface area contributed by atoms with Gasteiger partial charge in [0.1, 0.15) is 0 Å². The Kier molecular flexibility index (Phi) is 5.83. The van der Waals surface area contributed by atoms with E-state index in [0.717, 1.165) is 19.3 Å². The van der Waals surface area contributed by atoms with Gasteiger partial charge in [0.25, 0.3) is 0 Å². The molecular formula is C12H24N2. The highest BCUT2D eigenvalue weighted by Gasteiger charge is 2.22. The molecule has 0 saturated heterocycles. The molecule has 0 aliphatic rings. The quantitative estimate of drug-likeness (QED) is 0.402. The van der Waals surface area contributed by atoms with Crippen LogP contribution in [0.3, 0.4) is 0 Å². The molecule has 2 heteroatoms. The third-order valence-electron chi connectivity index (χ3n) is 2.99. The Morgan fingerprint density at radius 3 is 2.36 bits per heavy atom. The molecular weight excluding hydrogens is 172 g/mol. The highest BCUT2D eigenvalue weighted by atomic mass is 15.2. The second-order valence-electron chi connectivity index (χ2n) is 5.11. The lowest BCUT2D eigenvalue weighted by atomic mass is 9.78. The van der Waals surface area contributed by atoms with Gasteiger partial charge in [0.2, 0.25) is 0 Å². The van der Waals surface area contributed by atoms with Gasteiger partial charge in [-0.05, 0) is 24.2 Å². The van der Waals surface area contributed by atoms with Crippen LogP contribution in [0.25, 0.3) is 0 Å². The van der Waals surface area contributed by atoms with E-state index in [0.29, 0.717) is 17.4 Å². The molecule has 0 saturated carbocycles. The van der Waals surface area contributed by atoms with Crippen molar-refractivity contribution in [3.63, 3.8) is 0 Å². The largest absolute Gasteiger partial charge is 0.271 e. The molecule has 0 aliphatic carbocycles. The van der Waals surface area contributed by atoms with E-state index in [2.05, 4.69) is 39.0 Å². The molecule has 0 spiro atoms. The lowest BCUT2D eigenvalue weighted by molar-refractivity contribution is 0.220. The zero-order valence-electron chi connectivity index (χ0n) is 9.93. The normalized spacial score (nSPS) is 16.0. The molecule has 0 aromatic rings. The SMILES string of the molecule is C#CCCC(CC(C)C(C)(C)C)NN. The molecule has 0 aromatic heterocycles. The molecule has 0 amide bonds. The van der Waals surface area contributed by atoms with Crippen LogP contribution in [0.4, 0.5) is 0 Å². The number of hydrazine groups is 1. The molecule has 0 heterocycles. The first kappa shape index (κ1) is 13.5. The molecule has 2 unspecified atom stereocenters. The molecule has 2 atom stereocenters. The van der Waals surface area contributed by atoms with E-state index in [1.165, 1.54) is 0 Å². The Balaban J connectivity index is 3.99. The number of hydrogen-bond acceptors (Lipinski definition) is 2. The van der Waals surface area contributed by atoms with Crippen molar-refractivity contribution in [2.75, 3.05) is 0 Å². The van der Waals surface area contributed by atoms with Crippen molar-refractivity contribution in [1.82, 2.24) is 5.43 Å². The van der Waals surface area contributed by atoms with Crippen LogP contribution in [0.5, 0.6) is 0 Å². The zero-order chi connectivity index (χ0) is 11.2. The molecule has 0 aliphatic heterocycles. The molecule has 2 nitrogen and oxygen atoms in total. The van der Waals surface area contributed by atoms with Gasteiger partial charge in [-0.15, -0.1) is 12.3 Å². The van der Waals surface area contributed by atoms with Crippen LogP contribution in [-0.4, -0.2) is 6.04 Å². The second-order valence-corrected chi connectivity index (χ2v) is 5.11. The van der Waals surface area contributed by atoms with Crippen molar-refractivity contribution in [2.24, 2.45) is 17.2 Å². The standard InChI is InChI=1S/C12H24N2/c1-6-7-8-11(14-13)9-10(2)12(3,4)5/h1,10-11,14H,7-9,13H2,2-5H3. The minimum atomic E-state index is 0.339. The molecule has 0 rings (SSSR count). The fourth-order valence-corrected chi connectivity index (χ4v) is 1.31. The molecule has 0 radical (unpaired) electrons. The Hall–Kier alpha value is -0.520. The minimum Gasteiger partial charge on any atom is -0.271 e. The number of nitrogens with two attached hydrogens (primary N) is 1. The summed E-state index contributed by atoms with van der Waals surface area (Å²) >= 11 is 0. The van der Waals surface area contributed by atoms with Crippen molar-refractivity contribution in [3.05, 3.63) is 0 Å². The van der Waals surface area contributed by atoms with E-state index in [1.807, 2.05) is 0 Å². The molecule has 14 heavy (non-hydrogen) atoms. The average Bonchev–Trinajstić information content (AvgIpc) is 2.10. The van der Waals surface area contributed by atoms with E-state index < -0.39 is 0 Å². The third-order valence-corrected chi connectivity index (χ3v) is 2.99. The summed E-state index contributed by atoms with van der Waals surface area (Å²) in [5.74, 6) is 8.78. The van der Waals surface area contributed by atoms with Gasteiger partial charge in [0, 0.05) is 12.5 Å². The minimum absolute atomic E-state index is 0.339. The van der Waals surface area contributed by atoms with Crippen molar-refractivity contribution in [1.29, 1.82) is 0 Å². The van der Waals surface area contributed by atoms with Gasteiger partial charge in [0.15, 0.2) is 0 Å². The number of terminal acetylenes is 1. The van der Waals surface area contributed by atoms with Crippen LogP contribution in [-0.2, 0) is 0 Å². The lowest BCUT2D eigenvalue weighted by Crippen LogP contribution is -2.38. The first-order chi connectivity index (χ1) is 6.41. The van der Waals surface area contributed by atoms with Gasteiger partial charge in [-0.2, -0.15) is 0 Å². The zero-order valence-corrected chi connectivity index (χ0v) is 9.93. The summed E-state index contributed by atoms with van der Waals surface area (Å²) in [6, 6.07) is 0.347. The predicted octanol–water partition coefficient (Wildman–Crippen LogP) is 2.30. The molecule has 0 fully saturated rings. The number of nitrogens with one attached hydrogen (secondary N) is 1. The summed E-state index contributed by atoms with van der Waals surface area (Å²) in [4.78, 5) is 0. The maximum absolute atomic E-state index is 5.49. The van der Waals surface area contributed by atoms with Crippen molar-refractivity contribution in [2.45, 2.75) is 53.0 Å².